The van der Waals surface area contributed by atoms with Crippen molar-refractivity contribution in [3.05, 3.63) is 0 Å². The van der Waals surface area contributed by atoms with Gasteiger partial charge in [-0.05, 0) is 37.5 Å². The first-order valence-electron chi connectivity index (χ1n) is 45.1. The van der Waals surface area contributed by atoms with Crippen LogP contribution in [0.1, 0.15) is 465 Å². The molecule has 7 atom stereocenters. The minimum atomic E-state index is -4.97. The first kappa shape index (κ1) is 104. The van der Waals surface area contributed by atoms with Crippen molar-refractivity contribution in [2.24, 2.45) is 11.8 Å². The van der Waals surface area contributed by atoms with Gasteiger partial charge >= 0.3 is 39.5 Å². The molecule has 0 amide bonds. The third-order valence-corrected chi connectivity index (χ3v) is 23.1. The lowest BCUT2D eigenvalue weighted by Crippen LogP contribution is -2.30. The van der Waals surface area contributed by atoms with Gasteiger partial charge in [-0.15, -0.1) is 0 Å². The topological polar surface area (TPSA) is 237 Å². The number of hydrogen-bond donors (Lipinski definition) is 3. The number of phosphoric acid groups is 2. The maximum Gasteiger partial charge on any atom is 0.472 e. The predicted octanol–water partition coefficient (Wildman–Crippen LogP) is 26.6. The molecule has 4 unspecified atom stereocenters. The number of ether oxygens (including phenoxy) is 4. The maximum absolute atomic E-state index is 13.2. The molecule has 0 fully saturated rings. The number of esters is 4. The third kappa shape index (κ3) is 77.4. The fraction of sp³-hybridized carbons (Fsp3) is 0.954. The van der Waals surface area contributed by atoms with Crippen LogP contribution in [0.4, 0.5) is 0 Å². The van der Waals surface area contributed by atoms with Gasteiger partial charge < -0.3 is 33.8 Å². The lowest BCUT2D eigenvalue weighted by Gasteiger charge is -2.21. The third-order valence-electron chi connectivity index (χ3n) is 21.2. The Morgan fingerprint density at radius 3 is 0.670 bits per heavy atom. The summed E-state index contributed by atoms with van der Waals surface area (Å²) >= 11 is 0. The molecule has 19 heteroatoms. The quantitative estimate of drug-likeness (QED) is 0.0222. The van der Waals surface area contributed by atoms with Crippen LogP contribution < -0.4 is 0 Å². The molecule has 0 aliphatic heterocycles. The van der Waals surface area contributed by atoms with E-state index in [2.05, 4.69) is 41.5 Å². The van der Waals surface area contributed by atoms with Gasteiger partial charge in [-0.1, -0.05) is 414 Å². The van der Waals surface area contributed by atoms with Crippen molar-refractivity contribution in [2.45, 2.75) is 484 Å². The van der Waals surface area contributed by atoms with Crippen molar-refractivity contribution in [1.29, 1.82) is 0 Å². The Bertz CT molecular complexity index is 2030. The molecule has 0 aromatic rings. The fourth-order valence-electron chi connectivity index (χ4n) is 13.5. The highest BCUT2D eigenvalue weighted by Gasteiger charge is 2.30. The summed E-state index contributed by atoms with van der Waals surface area (Å²) in [7, 11) is -9.93. The minimum absolute atomic E-state index is 0.104. The van der Waals surface area contributed by atoms with E-state index in [9.17, 15) is 43.2 Å². The van der Waals surface area contributed by atoms with Gasteiger partial charge in [0.1, 0.15) is 19.3 Å². The molecule has 0 rings (SSSR count). The monoisotopic (exact) mass is 1550 g/mol. The Morgan fingerprint density at radius 1 is 0.264 bits per heavy atom. The number of unbranched alkanes of at least 4 members (excludes halogenated alkanes) is 54. The van der Waals surface area contributed by atoms with E-state index in [-0.39, 0.29) is 25.7 Å². The van der Waals surface area contributed by atoms with Gasteiger partial charge in [0.2, 0.25) is 0 Å². The molecule has 0 saturated heterocycles. The Balaban J connectivity index is 5.19. The van der Waals surface area contributed by atoms with E-state index in [4.69, 9.17) is 37.0 Å². The average molecular weight is 1550 g/mol. The van der Waals surface area contributed by atoms with Crippen LogP contribution in [0.15, 0.2) is 0 Å². The number of carbonyl (C=O) groups excluding carboxylic acids is 4. The number of aliphatic hydroxyl groups is 1. The van der Waals surface area contributed by atoms with E-state index in [1.165, 1.54) is 276 Å². The lowest BCUT2D eigenvalue weighted by atomic mass is 9.99. The van der Waals surface area contributed by atoms with E-state index in [1.54, 1.807) is 0 Å². The van der Waals surface area contributed by atoms with Crippen molar-refractivity contribution in [3.63, 3.8) is 0 Å². The molecule has 0 aliphatic rings. The lowest BCUT2D eigenvalue weighted by molar-refractivity contribution is -0.161. The van der Waals surface area contributed by atoms with Crippen LogP contribution in [0.2, 0.25) is 0 Å². The zero-order valence-electron chi connectivity index (χ0n) is 69.7. The van der Waals surface area contributed by atoms with Crippen molar-refractivity contribution in [3.8, 4) is 0 Å². The van der Waals surface area contributed by atoms with Gasteiger partial charge in [0.15, 0.2) is 12.2 Å². The summed E-state index contributed by atoms with van der Waals surface area (Å²) in [4.78, 5) is 73.2. The van der Waals surface area contributed by atoms with Crippen molar-refractivity contribution >= 4 is 39.5 Å². The number of phosphoric ester groups is 2. The number of rotatable bonds is 86. The molecule has 0 radical (unpaired) electrons. The van der Waals surface area contributed by atoms with Crippen LogP contribution >= 0.6 is 15.6 Å². The Morgan fingerprint density at radius 2 is 0.453 bits per heavy atom. The van der Waals surface area contributed by atoms with E-state index in [1.807, 2.05) is 0 Å². The standard InChI is InChI=1S/C87H170O17P2/c1-7-11-13-15-17-19-21-23-25-27-29-31-33-35-37-39-41-43-45-50-57-63-69-84(89)97-75-82(103-86(91)71-65-59-51-46-44-42-40-38-36-34-32-30-28-26-24-22-20-18-16-14-12-8-2)77-101-105(93,94)99-73-81(88)74-100-106(95,96)102-78-83(76-98-85(90)70-64-58-54-53-56-62-68-80(6)10-4)104-87(92)72-66-60-52-48-47-49-55-61-67-79(5)9-3/h79-83,88H,7-78H2,1-6H3,(H,93,94)(H,95,96)/t79?,80?,81-,82-,83-/m1/s1. The largest absolute Gasteiger partial charge is 0.472 e. The Hall–Kier alpha value is -1.94. The molecular weight excluding hydrogens is 1380 g/mol. The van der Waals surface area contributed by atoms with Crippen molar-refractivity contribution in [1.82, 2.24) is 0 Å². The average Bonchev–Trinajstić information content (AvgIpc) is 0.898. The molecule has 17 nitrogen and oxygen atoms in total. The van der Waals surface area contributed by atoms with E-state index in [0.717, 1.165) is 108 Å². The van der Waals surface area contributed by atoms with Gasteiger partial charge in [-0.3, -0.25) is 37.3 Å². The van der Waals surface area contributed by atoms with Gasteiger partial charge in [0, 0.05) is 25.7 Å². The summed E-state index contributed by atoms with van der Waals surface area (Å²) in [5.74, 6) is -0.608. The van der Waals surface area contributed by atoms with Crippen LogP contribution in [-0.2, 0) is 65.4 Å². The van der Waals surface area contributed by atoms with Gasteiger partial charge in [0.05, 0.1) is 26.4 Å². The number of hydrogen-bond acceptors (Lipinski definition) is 15. The molecule has 0 aliphatic carbocycles. The smallest absolute Gasteiger partial charge is 0.462 e. The second kappa shape index (κ2) is 78.3. The molecule has 0 saturated carbocycles. The van der Waals surface area contributed by atoms with Crippen LogP contribution in [0.5, 0.6) is 0 Å². The molecule has 3 N–H and O–H groups in total. The molecule has 0 bridgehead atoms. The molecule has 106 heavy (non-hydrogen) atoms. The van der Waals surface area contributed by atoms with Crippen LogP contribution in [-0.4, -0.2) is 96.7 Å². The summed E-state index contributed by atoms with van der Waals surface area (Å²) in [5.41, 5.74) is 0. The predicted molar refractivity (Wildman–Crippen MR) is 437 cm³/mol. The second-order valence-electron chi connectivity index (χ2n) is 31.8. The molecule has 0 spiro atoms. The zero-order valence-corrected chi connectivity index (χ0v) is 71.5. The minimum Gasteiger partial charge on any atom is -0.462 e. The first-order chi connectivity index (χ1) is 51.4. The first-order valence-corrected chi connectivity index (χ1v) is 48.1. The summed E-state index contributed by atoms with van der Waals surface area (Å²) < 4.78 is 68.8. The highest BCUT2D eigenvalue weighted by molar-refractivity contribution is 7.47. The van der Waals surface area contributed by atoms with Gasteiger partial charge in [-0.25, -0.2) is 9.13 Å². The Kier molecular flexibility index (Phi) is 76.9. The van der Waals surface area contributed by atoms with Crippen molar-refractivity contribution < 1.29 is 80.2 Å². The summed E-state index contributed by atoms with van der Waals surface area (Å²) in [6, 6.07) is 0. The number of aliphatic hydroxyl groups excluding tert-OH is 1. The highest BCUT2D eigenvalue weighted by atomic mass is 31.2. The van der Waals surface area contributed by atoms with E-state index < -0.39 is 97.5 Å². The molecule has 0 aromatic carbocycles. The van der Waals surface area contributed by atoms with E-state index in [0.29, 0.717) is 25.7 Å². The van der Waals surface area contributed by atoms with Gasteiger partial charge in [-0.2, -0.15) is 0 Å². The SMILES string of the molecule is CCCCCCCCCCCCCCCCCCCCCCCCC(=O)OC[C@H](COP(=O)(O)OC[C@@H](O)COP(=O)(O)OC[C@@H](COC(=O)CCCCCCCCC(C)CC)OC(=O)CCCCCCCCCCC(C)CC)OC(=O)CCCCCCCCCCCCCCCCCCCCCCCC. The van der Waals surface area contributed by atoms with Crippen LogP contribution in [0.3, 0.4) is 0 Å². The normalized spacial score (nSPS) is 14.3. The second-order valence-corrected chi connectivity index (χ2v) is 34.7. The molecular formula is C87H170O17P2. The highest BCUT2D eigenvalue weighted by Crippen LogP contribution is 2.45. The summed E-state index contributed by atoms with van der Waals surface area (Å²) in [6.07, 6.45) is 71.2. The van der Waals surface area contributed by atoms with Crippen LogP contribution in [0.25, 0.3) is 0 Å². The number of carbonyl (C=O) groups is 4. The molecule has 630 valence electrons. The molecule has 0 aromatic heterocycles. The van der Waals surface area contributed by atoms with Gasteiger partial charge in [0.25, 0.3) is 0 Å². The maximum atomic E-state index is 13.2. The fourth-order valence-corrected chi connectivity index (χ4v) is 15.1. The summed E-state index contributed by atoms with van der Waals surface area (Å²) in [6.45, 7) is 9.61. The van der Waals surface area contributed by atoms with Crippen LogP contribution in [0, 0.1) is 11.8 Å². The van der Waals surface area contributed by atoms with Crippen molar-refractivity contribution in [2.75, 3.05) is 39.6 Å². The Labute approximate surface area is 651 Å². The molecule has 0 heterocycles. The summed E-state index contributed by atoms with van der Waals surface area (Å²) in [5, 5.41) is 10.7. The zero-order chi connectivity index (χ0) is 77.8. The van der Waals surface area contributed by atoms with E-state index >= 15 is 0 Å².